The molecular formula is C35H44F2N2O5. The Morgan fingerprint density at radius 1 is 0.864 bits per heavy atom. The molecule has 0 spiro atoms. The second-order valence-electron chi connectivity index (χ2n) is 11.3. The van der Waals surface area contributed by atoms with Crippen LogP contribution in [0.2, 0.25) is 0 Å². The van der Waals surface area contributed by atoms with Gasteiger partial charge in [0, 0.05) is 36.9 Å². The summed E-state index contributed by atoms with van der Waals surface area (Å²) in [6.45, 7) is 9.38. The highest BCUT2D eigenvalue weighted by atomic mass is 19.1. The van der Waals surface area contributed by atoms with E-state index in [1.54, 1.807) is 24.0 Å². The van der Waals surface area contributed by atoms with Gasteiger partial charge in [-0.3, -0.25) is 9.59 Å². The van der Waals surface area contributed by atoms with E-state index >= 15 is 0 Å². The third-order valence-electron chi connectivity index (χ3n) is 7.27. The Labute approximate surface area is 258 Å². The number of aliphatic hydroxyl groups excluding tert-OH is 2. The van der Waals surface area contributed by atoms with Crippen molar-refractivity contribution in [2.24, 2.45) is 0 Å². The number of halogens is 2. The third-order valence-corrected chi connectivity index (χ3v) is 7.27. The summed E-state index contributed by atoms with van der Waals surface area (Å²) in [5.41, 5.74) is 3.53. The molecule has 3 atom stereocenters. The smallest absolute Gasteiger partial charge is 0.253 e. The van der Waals surface area contributed by atoms with Crippen molar-refractivity contribution in [2.75, 3.05) is 19.7 Å². The fourth-order valence-electron chi connectivity index (χ4n) is 5.20. The Kier molecular flexibility index (Phi) is 13.4. The van der Waals surface area contributed by atoms with Gasteiger partial charge in [0.1, 0.15) is 17.7 Å². The molecule has 2 amide bonds. The van der Waals surface area contributed by atoms with E-state index in [0.717, 1.165) is 42.2 Å². The van der Waals surface area contributed by atoms with Crippen molar-refractivity contribution in [3.8, 4) is 0 Å². The first-order valence-electron chi connectivity index (χ1n) is 15.2. The van der Waals surface area contributed by atoms with E-state index in [2.05, 4.69) is 5.32 Å². The van der Waals surface area contributed by atoms with Gasteiger partial charge in [-0.25, -0.2) is 8.78 Å². The topological polar surface area (TPSA) is 99.1 Å². The lowest BCUT2D eigenvalue weighted by Crippen LogP contribution is -2.50. The van der Waals surface area contributed by atoms with Gasteiger partial charge in [0.05, 0.1) is 18.8 Å². The van der Waals surface area contributed by atoms with Crippen LogP contribution in [0.3, 0.4) is 0 Å². The minimum absolute atomic E-state index is 0.0602. The quantitative estimate of drug-likeness (QED) is 0.186. The SMILES string of the molecule is CCCN(CCC)C(=O)c1cc(C)cc(C(=O)N[C@@H](Cc2cc(F)cc(F)c2)[C@@H](O)C(O)CCOCc2cccc(C)c2)c1. The molecule has 3 rings (SSSR count). The molecule has 0 aliphatic carbocycles. The van der Waals surface area contributed by atoms with Crippen LogP contribution in [0.1, 0.15) is 76.1 Å². The molecule has 0 heterocycles. The van der Waals surface area contributed by atoms with E-state index in [1.807, 2.05) is 45.0 Å². The van der Waals surface area contributed by atoms with Gasteiger partial charge in [-0.15, -0.1) is 0 Å². The molecule has 9 heteroatoms. The first-order chi connectivity index (χ1) is 21.0. The summed E-state index contributed by atoms with van der Waals surface area (Å²) in [6, 6.07) is 14.5. The zero-order valence-corrected chi connectivity index (χ0v) is 26.0. The Hall–Kier alpha value is -3.66. The van der Waals surface area contributed by atoms with Crippen LogP contribution in [0, 0.1) is 25.5 Å². The molecule has 1 unspecified atom stereocenters. The predicted octanol–water partition coefficient (Wildman–Crippen LogP) is 5.51. The van der Waals surface area contributed by atoms with Crippen LogP contribution in [0.5, 0.6) is 0 Å². The number of nitrogens with zero attached hydrogens (tertiary/aromatic N) is 1. The molecule has 3 N–H and O–H groups in total. The molecule has 44 heavy (non-hydrogen) atoms. The second-order valence-corrected chi connectivity index (χ2v) is 11.3. The minimum atomic E-state index is -1.48. The summed E-state index contributed by atoms with van der Waals surface area (Å²) in [6.07, 6.45) is -1.29. The number of rotatable bonds is 16. The van der Waals surface area contributed by atoms with Gasteiger partial charge in [-0.05, 0) is 86.6 Å². The van der Waals surface area contributed by atoms with E-state index in [9.17, 15) is 28.6 Å². The van der Waals surface area contributed by atoms with Crippen molar-refractivity contribution in [2.45, 2.75) is 78.2 Å². The number of hydrogen-bond donors (Lipinski definition) is 3. The van der Waals surface area contributed by atoms with Crippen LogP contribution < -0.4 is 5.32 Å². The zero-order valence-electron chi connectivity index (χ0n) is 26.0. The Morgan fingerprint density at radius 2 is 1.52 bits per heavy atom. The molecule has 0 saturated carbocycles. The highest BCUT2D eigenvalue weighted by Crippen LogP contribution is 2.18. The van der Waals surface area contributed by atoms with Crippen molar-refractivity contribution in [1.82, 2.24) is 10.2 Å². The largest absolute Gasteiger partial charge is 0.390 e. The maximum absolute atomic E-state index is 14.0. The van der Waals surface area contributed by atoms with E-state index in [0.29, 0.717) is 30.8 Å². The number of hydrogen-bond acceptors (Lipinski definition) is 5. The van der Waals surface area contributed by atoms with Crippen molar-refractivity contribution in [3.05, 3.63) is 106 Å². The number of aryl methyl sites for hydroxylation is 2. The van der Waals surface area contributed by atoms with E-state index < -0.39 is 35.8 Å². The first-order valence-corrected chi connectivity index (χ1v) is 15.2. The molecule has 7 nitrogen and oxygen atoms in total. The van der Waals surface area contributed by atoms with Crippen LogP contribution in [0.4, 0.5) is 8.78 Å². The van der Waals surface area contributed by atoms with Crippen molar-refractivity contribution in [1.29, 1.82) is 0 Å². The zero-order chi connectivity index (χ0) is 32.2. The number of nitrogens with one attached hydrogen (secondary N) is 1. The summed E-state index contributed by atoms with van der Waals surface area (Å²) in [5, 5.41) is 24.7. The van der Waals surface area contributed by atoms with E-state index in [4.69, 9.17) is 4.74 Å². The maximum Gasteiger partial charge on any atom is 0.253 e. The number of ether oxygens (including phenoxy) is 1. The lowest BCUT2D eigenvalue weighted by atomic mass is 9.95. The van der Waals surface area contributed by atoms with Crippen molar-refractivity contribution in [3.63, 3.8) is 0 Å². The monoisotopic (exact) mass is 610 g/mol. The van der Waals surface area contributed by atoms with Gasteiger partial charge in [0.2, 0.25) is 0 Å². The molecule has 0 bridgehead atoms. The summed E-state index contributed by atoms with van der Waals surface area (Å²) >= 11 is 0. The Morgan fingerprint density at radius 3 is 2.16 bits per heavy atom. The minimum Gasteiger partial charge on any atom is -0.390 e. The summed E-state index contributed by atoms with van der Waals surface area (Å²) in [4.78, 5) is 28.5. The van der Waals surface area contributed by atoms with Crippen LogP contribution in [-0.4, -0.2) is 64.9 Å². The molecule has 0 aliphatic rings. The third kappa shape index (κ3) is 10.5. The van der Waals surface area contributed by atoms with Crippen molar-refractivity contribution >= 4 is 11.8 Å². The summed E-state index contributed by atoms with van der Waals surface area (Å²) in [7, 11) is 0. The molecular weight excluding hydrogens is 566 g/mol. The maximum atomic E-state index is 14.0. The number of benzene rings is 3. The Bertz CT molecular complexity index is 1370. The van der Waals surface area contributed by atoms with Crippen LogP contribution in [0.25, 0.3) is 0 Å². The molecule has 0 aliphatic heterocycles. The highest BCUT2D eigenvalue weighted by Gasteiger charge is 2.29. The number of amides is 2. The number of carbonyl (C=O) groups excluding carboxylic acids is 2. The van der Waals surface area contributed by atoms with Crippen LogP contribution in [-0.2, 0) is 17.8 Å². The molecule has 3 aromatic rings. The highest BCUT2D eigenvalue weighted by molar-refractivity contribution is 6.00. The number of aliphatic hydroxyl groups is 2. The lowest BCUT2D eigenvalue weighted by molar-refractivity contribution is -0.0233. The molecule has 0 saturated heterocycles. The number of carbonyl (C=O) groups is 2. The van der Waals surface area contributed by atoms with Gasteiger partial charge in [-0.1, -0.05) is 43.7 Å². The molecule has 0 fully saturated rings. The molecule has 0 aromatic heterocycles. The van der Waals surface area contributed by atoms with Crippen molar-refractivity contribution < 1.29 is 33.3 Å². The standard InChI is InChI=1S/C35H44F2N2O5/c1-5-11-39(12-6-2)35(43)28-16-24(4)15-27(20-28)34(42)38-31(19-26-17-29(36)21-30(37)18-26)33(41)32(40)10-13-44-22-25-9-7-8-23(3)14-25/h7-9,14-18,20-21,31-33,40-41H,5-6,10-13,19,22H2,1-4H3,(H,38,42)/t31-,32?,33+/m0/s1. The van der Waals surface area contributed by atoms with Gasteiger partial charge in [0.25, 0.3) is 11.8 Å². The van der Waals surface area contributed by atoms with Gasteiger partial charge in [0.15, 0.2) is 0 Å². The predicted molar refractivity (Wildman–Crippen MR) is 166 cm³/mol. The lowest BCUT2D eigenvalue weighted by Gasteiger charge is -2.28. The van der Waals surface area contributed by atoms with Gasteiger partial charge in [-0.2, -0.15) is 0 Å². The Balaban J connectivity index is 1.77. The van der Waals surface area contributed by atoms with Gasteiger partial charge >= 0.3 is 0 Å². The van der Waals surface area contributed by atoms with Gasteiger partial charge < -0.3 is 25.2 Å². The summed E-state index contributed by atoms with van der Waals surface area (Å²) in [5.74, 6) is -2.37. The normalized spacial score (nSPS) is 13.3. The molecule has 3 aromatic carbocycles. The molecule has 238 valence electrons. The average Bonchev–Trinajstić information content (AvgIpc) is 2.97. The van der Waals surface area contributed by atoms with E-state index in [-0.39, 0.29) is 36.5 Å². The van der Waals surface area contributed by atoms with E-state index in [1.165, 1.54) is 6.07 Å². The van der Waals surface area contributed by atoms with Crippen LogP contribution >= 0.6 is 0 Å². The average molecular weight is 611 g/mol. The second kappa shape index (κ2) is 17.0. The van der Waals surface area contributed by atoms with Crippen LogP contribution in [0.15, 0.2) is 60.7 Å². The summed E-state index contributed by atoms with van der Waals surface area (Å²) < 4.78 is 33.7. The fourth-order valence-corrected chi connectivity index (χ4v) is 5.20. The fraction of sp³-hybridized carbons (Fsp3) is 0.429. The first kappa shape index (κ1) is 34.8. The molecule has 0 radical (unpaired) electrons.